The summed E-state index contributed by atoms with van der Waals surface area (Å²) in [5.74, 6) is 0. The van der Waals surface area contributed by atoms with Gasteiger partial charge in [0.25, 0.3) is 0 Å². The molecule has 0 aromatic carbocycles. The largest absolute Gasteiger partial charge is 0.298 e. The highest BCUT2D eigenvalue weighted by Crippen LogP contribution is 2.34. The van der Waals surface area contributed by atoms with E-state index in [4.69, 9.17) is 0 Å². The zero-order chi connectivity index (χ0) is 6.97. The fourth-order valence-corrected chi connectivity index (χ4v) is 1.81. The van der Waals surface area contributed by atoms with Gasteiger partial charge in [-0.05, 0) is 38.6 Å². The van der Waals surface area contributed by atoms with Crippen LogP contribution in [-0.2, 0) is 0 Å². The van der Waals surface area contributed by atoms with E-state index in [0.29, 0.717) is 0 Å². The van der Waals surface area contributed by atoms with Crippen LogP contribution < -0.4 is 0 Å². The van der Waals surface area contributed by atoms with E-state index in [-0.39, 0.29) is 0 Å². The second-order valence-electron chi connectivity index (χ2n) is 3.48. The molecule has 0 saturated heterocycles. The van der Waals surface area contributed by atoms with Gasteiger partial charge < -0.3 is 0 Å². The Hall–Kier alpha value is -0.0400. The van der Waals surface area contributed by atoms with Gasteiger partial charge in [0.05, 0.1) is 0 Å². The molecule has 0 aliphatic heterocycles. The maximum Gasteiger partial charge on any atom is 0.0104 e. The standard InChI is InChI=1S/C9H16N/c1-2-10(9-6-7-9)8-4-3-5-8/h3,8-9H,2,4-7H2,1H3. The van der Waals surface area contributed by atoms with E-state index in [1.54, 1.807) is 0 Å². The Kier molecular flexibility index (Phi) is 1.69. The summed E-state index contributed by atoms with van der Waals surface area (Å²) in [5, 5.41) is 0. The smallest absolute Gasteiger partial charge is 0.0104 e. The summed E-state index contributed by atoms with van der Waals surface area (Å²) in [6.45, 7) is 3.56. The third-order valence-electron chi connectivity index (χ3n) is 2.73. The summed E-state index contributed by atoms with van der Waals surface area (Å²) < 4.78 is 0. The Labute approximate surface area is 63.4 Å². The molecule has 0 unspecified atom stereocenters. The topological polar surface area (TPSA) is 3.24 Å². The summed E-state index contributed by atoms with van der Waals surface area (Å²) in [5.41, 5.74) is 0. The van der Waals surface area contributed by atoms with Gasteiger partial charge in [0.1, 0.15) is 0 Å². The molecule has 2 fully saturated rings. The minimum atomic E-state index is 0.928. The molecular weight excluding hydrogens is 122 g/mol. The van der Waals surface area contributed by atoms with Crippen molar-refractivity contribution in [2.75, 3.05) is 6.54 Å². The molecule has 0 atom stereocenters. The number of hydrogen-bond donors (Lipinski definition) is 0. The second kappa shape index (κ2) is 2.54. The molecule has 2 aliphatic carbocycles. The highest BCUT2D eigenvalue weighted by molar-refractivity contribution is 4.97. The molecule has 0 spiro atoms. The van der Waals surface area contributed by atoms with Crippen LogP contribution in [-0.4, -0.2) is 23.5 Å². The molecule has 0 amide bonds. The fraction of sp³-hybridized carbons (Fsp3) is 0.889. The van der Waals surface area contributed by atoms with Crippen molar-refractivity contribution in [3.05, 3.63) is 6.42 Å². The molecule has 0 N–H and O–H groups in total. The highest BCUT2D eigenvalue weighted by atomic mass is 15.2. The van der Waals surface area contributed by atoms with E-state index >= 15 is 0 Å². The molecule has 0 aromatic heterocycles. The van der Waals surface area contributed by atoms with Crippen LogP contribution in [0.4, 0.5) is 0 Å². The third-order valence-corrected chi connectivity index (χ3v) is 2.73. The van der Waals surface area contributed by atoms with Gasteiger partial charge in [0.2, 0.25) is 0 Å². The maximum atomic E-state index is 2.68. The quantitative estimate of drug-likeness (QED) is 0.575. The molecule has 2 saturated carbocycles. The summed E-state index contributed by atoms with van der Waals surface area (Å²) >= 11 is 0. The lowest BCUT2D eigenvalue weighted by Gasteiger charge is -2.36. The van der Waals surface area contributed by atoms with Gasteiger partial charge in [0, 0.05) is 12.1 Å². The van der Waals surface area contributed by atoms with Crippen molar-refractivity contribution in [3.63, 3.8) is 0 Å². The normalized spacial score (nSPS) is 27.0. The van der Waals surface area contributed by atoms with Crippen molar-refractivity contribution in [1.29, 1.82) is 0 Å². The first-order chi connectivity index (χ1) is 4.92. The summed E-state index contributed by atoms with van der Waals surface area (Å²) in [4.78, 5) is 2.68. The summed E-state index contributed by atoms with van der Waals surface area (Å²) in [7, 11) is 0. The summed E-state index contributed by atoms with van der Waals surface area (Å²) in [6, 6.07) is 1.90. The Morgan fingerprint density at radius 1 is 1.30 bits per heavy atom. The molecule has 1 heteroatoms. The van der Waals surface area contributed by atoms with Crippen LogP contribution in [0.1, 0.15) is 32.6 Å². The van der Waals surface area contributed by atoms with E-state index in [1.807, 2.05) is 0 Å². The fourth-order valence-electron chi connectivity index (χ4n) is 1.81. The van der Waals surface area contributed by atoms with Crippen molar-refractivity contribution in [1.82, 2.24) is 4.90 Å². The Morgan fingerprint density at radius 2 is 2.00 bits per heavy atom. The van der Waals surface area contributed by atoms with Crippen molar-refractivity contribution < 1.29 is 0 Å². The molecular formula is C9H16N. The van der Waals surface area contributed by atoms with Crippen LogP contribution in [0.2, 0.25) is 0 Å². The number of rotatable bonds is 3. The Balaban J connectivity index is 1.84. The van der Waals surface area contributed by atoms with E-state index < -0.39 is 0 Å². The van der Waals surface area contributed by atoms with Crippen molar-refractivity contribution in [3.8, 4) is 0 Å². The van der Waals surface area contributed by atoms with Gasteiger partial charge in [0.15, 0.2) is 0 Å². The monoisotopic (exact) mass is 138 g/mol. The number of nitrogens with zero attached hydrogens (tertiary/aromatic N) is 1. The zero-order valence-corrected chi connectivity index (χ0v) is 6.71. The summed E-state index contributed by atoms with van der Waals surface area (Å²) in [6.07, 6.45) is 8.03. The Bertz CT molecular complexity index is 114. The van der Waals surface area contributed by atoms with E-state index in [0.717, 1.165) is 12.1 Å². The lowest BCUT2D eigenvalue weighted by molar-refractivity contribution is 0.158. The molecule has 0 bridgehead atoms. The van der Waals surface area contributed by atoms with Crippen LogP contribution in [0.3, 0.4) is 0 Å². The molecule has 2 rings (SSSR count). The van der Waals surface area contributed by atoms with Crippen LogP contribution in [0.5, 0.6) is 0 Å². The van der Waals surface area contributed by atoms with Crippen molar-refractivity contribution >= 4 is 0 Å². The van der Waals surface area contributed by atoms with Crippen LogP contribution >= 0.6 is 0 Å². The first-order valence-electron chi connectivity index (χ1n) is 4.49. The zero-order valence-electron chi connectivity index (χ0n) is 6.71. The predicted octanol–water partition coefficient (Wildman–Crippen LogP) is 1.84. The Morgan fingerprint density at radius 3 is 2.30 bits per heavy atom. The minimum Gasteiger partial charge on any atom is -0.298 e. The average molecular weight is 138 g/mol. The van der Waals surface area contributed by atoms with Crippen molar-refractivity contribution in [2.24, 2.45) is 0 Å². The first kappa shape index (κ1) is 6.66. The van der Waals surface area contributed by atoms with E-state index in [2.05, 4.69) is 18.2 Å². The van der Waals surface area contributed by atoms with Gasteiger partial charge in [-0.1, -0.05) is 6.92 Å². The lowest BCUT2D eigenvalue weighted by atomic mass is 9.91. The van der Waals surface area contributed by atoms with E-state index in [1.165, 1.54) is 32.2 Å². The molecule has 57 valence electrons. The average Bonchev–Trinajstić information content (AvgIpc) is 2.58. The van der Waals surface area contributed by atoms with Gasteiger partial charge in [-0.2, -0.15) is 0 Å². The predicted molar refractivity (Wildman–Crippen MR) is 42.7 cm³/mol. The molecule has 2 aliphatic rings. The highest BCUT2D eigenvalue weighted by Gasteiger charge is 2.35. The SMILES string of the molecule is CCN(C1C[CH]C1)C1CC1. The van der Waals surface area contributed by atoms with Gasteiger partial charge in [-0.3, -0.25) is 4.90 Å². The van der Waals surface area contributed by atoms with Gasteiger partial charge >= 0.3 is 0 Å². The molecule has 0 aromatic rings. The first-order valence-corrected chi connectivity index (χ1v) is 4.49. The second-order valence-corrected chi connectivity index (χ2v) is 3.48. The van der Waals surface area contributed by atoms with Crippen LogP contribution in [0.25, 0.3) is 0 Å². The molecule has 1 radical (unpaired) electrons. The van der Waals surface area contributed by atoms with E-state index in [9.17, 15) is 0 Å². The number of hydrogen-bond acceptors (Lipinski definition) is 1. The molecule has 1 nitrogen and oxygen atoms in total. The van der Waals surface area contributed by atoms with Gasteiger partial charge in [-0.15, -0.1) is 0 Å². The van der Waals surface area contributed by atoms with Crippen LogP contribution in [0, 0.1) is 6.42 Å². The minimum absolute atomic E-state index is 0.928. The third kappa shape index (κ3) is 1.07. The van der Waals surface area contributed by atoms with Crippen LogP contribution in [0.15, 0.2) is 0 Å². The molecule has 0 heterocycles. The van der Waals surface area contributed by atoms with Crippen molar-refractivity contribution in [2.45, 2.75) is 44.7 Å². The lowest BCUT2D eigenvalue weighted by Crippen LogP contribution is -2.41. The van der Waals surface area contributed by atoms with Gasteiger partial charge in [-0.25, -0.2) is 0 Å². The maximum absolute atomic E-state index is 2.68. The molecule has 10 heavy (non-hydrogen) atoms.